The highest BCUT2D eigenvalue weighted by Gasteiger charge is 2.12. The number of carboxylic acid groups (broad SMARTS) is 1. The quantitative estimate of drug-likeness (QED) is 0.764. The van der Waals surface area contributed by atoms with E-state index in [0.29, 0.717) is 0 Å². The zero-order chi connectivity index (χ0) is 12.8. The molecular weight excluding hydrogens is 229 g/mol. The third-order valence-electron chi connectivity index (χ3n) is 1.94. The van der Waals surface area contributed by atoms with Gasteiger partial charge in [-0.15, -0.1) is 0 Å². The smallest absolute Gasteiger partial charge is 0.337 e. The van der Waals surface area contributed by atoms with Crippen molar-refractivity contribution in [3.8, 4) is 0 Å². The van der Waals surface area contributed by atoms with Crippen LogP contribution in [-0.4, -0.2) is 30.2 Å². The number of ether oxygens (including phenoxy) is 1. The van der Waals surface area contributed by atoms with E-state index in [1.54, 1.807) is 6.92 Å². The van der Waals surface area contributed by atoms with Gasteiger partial charge in [-0.2, -0.15) is 0 Å². The fraction of sp³-hybridized carbons (Fsp3) is 0.273. The Morgan fingerprint density at radius 1 is 1.47 bits per heavy atom. The van der Waals surface area contributed by atoms with Crippen LogP contribution in [0, 0.1) is 5.82 Å². The third kappa shape index (κ3) is 3.75. The van der Waals surface area contributed by atoms with Crippen molar-refractivity contribution in [1.29, 1.82) is 0 Å². The summed E-state index contributed by atoms with van der Waals surface area (Å²) in [5.74, 6) is -2.31. The second-order valence-electron chi connectivity index (χ2n) is 3.15. The van der Waals surface area contributed by atoms with E-state index in [0.717, 1.165) is 18.2 Å². The molecule has 0 bridgehead atoms. The van der Waals surface area contributed by atoms with Gasteiger partial charge in [-0.25, -0.2) is 9.18 Å². The van der Waals surface area contributed by atoms with Crippen molar-refractivity contribution in [3.63, 3.8) is 0 Å². The lowest BCUT2D eigenvalue weighted by Crippen LogP contribution is -2.18. The van der Waals surface area contributed by atoms with Crippen molar-refractivity contribution < 1.29 is 23.8 Å². The van der Waals surface area contributed by atoms with Gasteiger partial charge in [0.15, 0.2) is 0 Å². The van der Waals surface area contributed by atoms with Crippen molar-refractivity contribution >= 4 is 17.6 Å². The lowest BCUT2D eigenvalue weighted by atomic mass is 10.1. The fourth-order valence-corrected chi connectivity index (χ4v) is 1.23. The van der Waals surface area contributed by atoms with E-state index >= 15 is 0 Å². The van der Waals surface area contributed by atoms with E-state index in [9.17, 15) is 14.0 Å². The van der Waals surface area contributed by atoms with Crippen LogP contribution in [-0.2, 0) is 9.53 Å². The summed E-state index contributed by atoms with van der Waals surface area (Å²) < 4.78 is 17.6. The van der Waals surface area contributed by atoms with E-state index < -0.39 is 17.8 Å². The number of nitrogens with one attached hydrogen (secondary N) is 1. The highest BCUT2D eigenvalue weighted by molar-refractivity contribution is 5.94. The van der Waals surface area contributed by atoms with E-state index in [1.807, 2.05) is 0 Å². The Balaban J connectivity index is 2.78. The lowest BCUT2D eigenvalue weighted by molar-refractivity contribution is -0.140. The Hall–Kier alpha value is -2.11. The first-order valence-electron chi connectivity index (χ1n) is 4.97. The van der Waals surface area contributed by atoms with Gasteiger partial charge in [0.1, 0.15) is 12.4 Å². The number of anilines is 1. The zero-order valence-corrected chi connectivity index (χ0v) is 9.20. The highest BCUT2D eigenvalue weighted by atomic mass is 19.1. The van der Waals surface area contributed by atoms with Crippen LogP contribution in [0.5, 0.6) is 0 Å². The Labute approximate surface area is 97.2 Å². The molecule has 0 saturated heterocycles. The molecule has 92 valence electrons. The normalized spacial score (nSPS) is 9.76. The molecule has 0 aliphatic carbocycles. The Morgan fingerprint density at radius 2 is 2.18 bits per heavy atom. The fourth-order valence-electron chi connectivity index (χ4n) is 1.23. The molecule has 0 saturated carbocycles. The van der Waals surface area contributed by atoms with Crippen LogP contribution in [0.3, 0.4) is 0 Å². The van der Waals surface area contributed by atoms with Crippen LogP contribution in [0.2, 0.25) is 0 Å². The van der Waals surface area contributed by atoms with Gasteiger partial charge in [0.05, 0.1) is 17.9 Å². The number of halogens is 1. The number of hydrogen-bond donors (Lipinski definition) is 2. The van der Waals surface area contributed by atoms with Crippen LogP contribution in [0.4, 0.5) is 10.1 Å². The molecule has 0 spiro atoms. The maximum atomic E-state index is 12.9. The monoisotopic (exact) mass is 241 g/mol. The average Bonchev–Trinajstić information content (AvgIpc) is 2.26. The van der Waals surface area contributed by atoms with E-state index in [-0.39, 0.29) is 24.4 Å². The van der Waals surface area contributed by atoms with Crippen molar-refractivity contribution in [3.05, 3.63) is 29.6 Å². The van der Waals surface area contributed by atoms with Gasteiger partial charge >= 0.3 is 11.9 Å². The molecule has 1 aromatic rings. The van der Waals surface area contributed by atoms with Crippen molar-refractivity contribution in [2.45, 2.75) is 6.92 Å². The zero-order valence-electron chi connectivity index (χ0n) is 9.20. The maximum Gasteiger partial charge on any atom is 0.337 e. The largest absolute Gasteiger partial charge is 0.478 e. The molecule has 0 aliphatic heterocycles. The lowest BCUT2D eigenvalue weighted by Gasteiger charge is -2.09. The molecule has 1 rings (SSSR count). The molecule has 5 nitrogen and oxygen atoms in total. The Morgan fingerprint density at radius 3 is 2.76 bits per heavy atom. The standard InChI is InChI=1S/C11H12FNO4/c1-2-17-10(14)6-13-9-5-7(12)3-4-8(9)11(15)16/h3-5,13H,2,6H2,1H3,(H,15,16). The average molecular weight is 241 g/mol. The van der Waals surface area contributed by atoms with Crippen LogP contribution in [0.1, 0.15) is 17.3 Å². The van der Waals surface area contributed by atoms with Gasteiger partial charge in [0.2, 0.25) is 0 Å². The van der Waals surface area contributed by atoms with Crippen LogP contribution >= 0.6 is 0 Å². The topological polar surface area (TPSA) is 75.6 Å². The maximum absolute atomic E-state index is 12.9. The number of benzene rings is 1. The summed E-state index contributed by atoms with van der Waals surface area (Å²) in [7, 11) is 0. The number of carbonyl (C=O) groups excluding carboxylic acids is 1. The minimum absolute atomic E-state index is 0.0468. The van der Waals surface area contributed by atoms with Crippen LogP contribution in [0.25, 0.3) is 0 Å². The van der Waals surface area contributed by atoms with Gasteiger partial charge in [-0.1, -0.05) is 0 Å². The summed E-state index contributed by atoms with van der Waals surface area (Å²) >= 11 is 0. The Bertz CT molecular complexity index is 433. The minimum atomic E-state index is -1.20. The summed E-state index contributed by atoms with van der Waals surface area (Å²) in [5.41, 5.74) is -0.0544. The van der Waals surface area contributed by atoms with Gasteiger partial charge in [-0.3, -0.25) is 4.79 Å². The number of esters is 1. The predicted molar refractivity (Wildman–Crippen MR) is 58.5 cm³/mol. The molecule has 0 aromatic heterocycles. The van der Waals surface area contributed by atoms with E-state index in [2.05, 4.69) is 10.1 Å². The molecule has 2 N–H and O–H groups in total. The second kappa shape index (κ2) is 5.83. The second-order valence-corrected chi connectivity index (χ2v) is 3.15. The van der Waals surface area contributed by atoms with Crippen molar-refractivity contribution in [1.82, 2.24) is 0 Å². The molecule has 6 heteroatoms. The van der Waals surface area contributed by atoms with Crippen molar-refractivity contribution in [2.24, 2.45) is 0 Å². The molecule has 0 radical (unpaired) electrons. The molecule has 0 amide bonds. The highest BCUT2D eigenvalue weighted by Crippen LogP contribution is 2.16. The molecular formula is C11H12FNO4. The van der Waals surface area contributed by atoms with E-state index in [1.165, 1.54) is 0 Å². The summed E-state index contributed by atoms with van der Waals surface area (Å²) in [6, 6.07) is 3.19. The molecule has 0 aliphatic rings. The predicted octanol–water partition coefficient (Wildman–Crippen LogP) is 1.50. The van der Waals surface area contributed by atoms with Gasteiger partial charge < -0.3 is 15.2 Å². The van der Waals surface area contributed by atoms with E-state index in [4.69, 9.17) is 5.11 Å². The van der Waals surface area contributed by atoms with Gasteiger partial charge in [0.25, 0.3) is 0 Å². The number of aromatic carboxylic acids is 1. The minimum Gasteiger partial charge on any atom is -0.478 e. The van der Waals surface area contributed by atoms with Gasteiger partial charge in [-0.05, 0) is 25.1 Å². The van der Waals surface area contributed by atoms with Crippen LogP contribution < -0.4 is 5.32 Å². The van der Waals surface area contributed by atoms with Crippen molar-refractivity contribution in [2.75, 3.05) is 18.5 Å². The third-order valence-corrected chi connectivity index (χ3v) is 1.94. The number of hydrogen-bond acceptors (Lipinski definition) is 4. The first kappa shape index (κ1) is 13.0. The molecule has 0 atom stereocenters. The summed E-state index contributed by atoms with van der Waals surface area (Å²) in [6.45, 7) is 1.68. The Kier molecular flexibility index (Phi) is 4.45. The summed E-state index contributed by atoms with van der Waals surface area (Å²) in [6.07, 6.45) is 0. The molecule has 17 heavy (non-hydrogen) atoms. The first-order valence-corrected chi connectivity index (χ1v) is 4.97. The number of rotatable bonds is 5. The van der Waals surface area contributed by atoms with Gasteiger partial charge in [0, 0.05) is 0 Å². The van der Waals surface area contributed by atoms with Crippen LogP contribution in [0.15, 0.2) is 18.2 Å². The molecule has 1 aromatic carbocycles. The summed E-state index contributed by atoms with van der Waals surface area (Å²) in [4.78, 5) is 21.9. The first-order chi connectivity index (χ1) is 8.04. The summed E-state index contributed by atoms with van der Waals surface area (Å²) in [5, 5.41) is 11.4. The molecule has 0 unspecified atom stereocenters. The SMILES string of the molecule is CCOC(=O)CNc1cc(F)ccc1C(=O)O. The number of carbonyl (C=O) groups is 2. The molecule has 0 fully saturated rings. The number of carboxylic acids is 1. The molecule has 0 heterocycles.